The van der Waals surface area contributed by atoms with Gasteiger partial charge in [-0.05, 0) is 64.2 Å². The number of ether oxygens (including phenoxy) is 1. The molecule has 0 spiro atoms. The van der Waals surface area contributed by atoms with E-state index >= 15 is 0 Å². The van der Waals surface area contributed by atoms with Crippen LogP contribution in [0.3, 0.4) is 0 Å². The molecule has 376 valence electrons. The van der Waals surface area contributed by atoms with Crippen LogP contribution in [0.1, 0.15) is 296 Å². The summed E-state index contributed by atoms with van der Waals surface area (Å²) in [7, 11) is 0. The molecule has 0 rings (SSSR count). The second-order valence-corrected chi connectivity index (χ2v) is 19.3. The lowest BCUT2D eigenvalue weighted by atomic mass is 10.0. The van der Waals surface area contributed by atoms with E-state index in [2.05, 4.69) is 43.5 Å². The molecule has 0 aliphatic rings. The second-order valence-electron chi connectivity index (χ2n) is 19.3. The predicted octanol–water partition coefficient (Wildman–Crippen LogP) is 17.2. The first-order valence-electron chi connectivity index (χ1n) is 28.3. The number of hydrogen-bond acceptors (Lipinski definition) is 5. The highest BCUT2D eigenvalue weighted by atomic mass is 16.5. The molecule has 0 heterocycles. The van der Waals surface area contributed by atoms with Crippen molar-refractivity contribution in [1.29, 1.82) is 0 Å². The van der Waals surface area contributed by atoms with Gasteiger partial charge in [-0.2, -0.15) is 0 Å². The zero-order valence-corrected chi connectivity index (χ0v) is 42.8. The minimum Gasteiger partial charge on any atom is -0.466 e. The fourth-order valence-electron chi connectivity index (χ4n) is 8.55. The van der Waals surface area contributed by atoms with Gasteiger partial charge in [0, 0.05) is 12.8 Å². The molecular weight excluding hydrogens is 791 g/mol. The molecular formula is C58H109NO5. The van der Waals surface area contributed by atoms with E-state index in [0.29, 0.717) is 19.4 Å². The normalized spacial score (nSPS) is 12.9. The highest BCUT2D eigenvalue weighted by Crippen LogP contribution is 2.16. The molecule has 6 nitrogen and oxygen atoms in total. The summed E-state index contributed by atoms with van der Waals surface area (Å²) >= 11 is 0. The van der Waals surface area contributed by atoms with Crippen molar-refractivity contribution in [2.75, 3.05) is 13.2 Å². The van der Waals surface area contributed by atoms with E-state index in [4.69, 9.17) is 4.74 Å². The highest BCUT2D eigenvalue weighted by Gasteiger charge is 2.18. The van der Waals surface area contributed by atoms with Crippen molar-refractivity contribution in [1.82, 2.24) is 5.32 Å². The van der Waals surface area contributed by atoms with Gasteiger partial charge in [0.25, 0.3) is 0 Å². The van der Waals surface area contributed by atoms with Crippen molar-refractivity contribution >= 4 is 11.9 Å². The summed E-state index contributed by atoms with van der Waals surface area (Å²) in [5.74, 6) is -0.0829. The molecule has 2 unspecified atom stereocenters. The van der Waals surface area contributed by atoms with E-state index in [0.717, 1.165) is 51.4 Å². The van der Waals surface area contributed by atoms with Crippen molar-refractivity contribution in [2.45, 2.75) is 309 Å². The predicted molar refractivity (Wildman–Crippen MR) is 278 cm³/mol. The number of aliphatic hydroxyl groups excluding tert-OH is 2. The van der Waals surface area contributed by atoms with Crippen LogP contribution >= 0.6 is 0 Å². The molecule has 64 heavy (non-hydrogen) atoms. The maximum atomic E-state index is 12.4. The fourth-order valence-corrected chi connectivity index (χ4v) is 8.55. The van der Waals surface area contributed by atoms with Crippen molar-refractivity contribution in [3.8, 4) is 0 Å². The van der Waals surface area contributed by atoms with E-state index in [9.17, 15) is 19.8 Å². The van der Waals surface area contributed by atoms with Crippen molar-refractivity contribution in [3.05, 3.63) is 36.5 Å². The van der Waals surface area contributed by atoms with Gasteiger partial charge in [-0.15, -0.1) is 0 Å². The maximum Gasteiger partial charge on any atom is 0.305 e. The number of hydrogen-bond donors (Lipinski definition) is 3. The van der Waals surface area contributed by atoms with Crippen LogP contribution in [0.4, 0.5) is 0 Å². The lowest BCUT2D eigenvalue weighted by Crippen LogP contribution is -2.45. The van der Waals surface area contributed by atoms with Gasteiger partial charge >= 0.3 is 5.97 Å². The van der Waals surface area contributed by atoms with Crippen molar-refractivity contribution in [2.24, 2.45) is 0 Å². The van der Waals surface area contributed by atoms with Crippen LogP contribution in [0.25, 0.3) is 0 Å². The minimum absolute atomic E-state index is 0.00928. The third-order valence-electron chi connectivity index (χ3n) is 12.9. The van der Waals surface area contributed by atoms with Gasteiger partial charge < -0.3 is 20.3 Å². The average Bonchev–Trinajstić information content (AvgIpc) is 3.29. The number of unbranched alkanes of at least 4 members (excludes halogenated alkanes) is 37. The van der Waals surface area contributed by atoms with Crippen LogP contribution < -0.4 is 5.32 Å². The SMILES string of the molecule is CCCCCC/C=C\C/C=C\CCCCCCCC(=O)OCCCCCCCCCCCCCCCCCCCC(=O)NC(CO)C(O)/C=C/CCCCCCCCCCCCCC. The molecule has 0 bridgehead atoms. The van der Waals surface area contributed by atoms with Crippen LogP contribution in [0.5, 0.6) is 0 Å². The Morgan fingerprint density at radius 2 is 0.781 bits per heavy atom. The summed E-state index contributed by atoms with van der Waals surface area (Å²) in [6.45, 7) is 4.87. The van der Waals surface area contributed by atoms with E-state index in [1.54, 1.807) is 6.08 Å². The molecule has 0 saturated carbocycles. The van der Waals surface area contributed by atoms with E-state index in [1.165, 1.54) is 218 Å². The largest absolute Gasteiger partial charge is 0.466 e. The second kappa shape index (κ2) is 53.7. The molecule has 0 aromatic carbocycles. The standard InChI is InChI=1S/C58H109NO5/c1-3-5-7-9-11-13-15-17-19-24-28-32-36-40-44-48-52-58(63)64-53-49-45-41-37-33-29-25-22-20-21-23-27-31-35-39-43-47-51-57(62)59-55(54-60)56(61)50-46-42-38-34-30-26-18-16-14-12-10-8-6-4-2/h13,15,19,24,46,50,55-56,60-61H,3-12,14,16-18,20-23,25-45,47-49,51-54H2,1-2H3,(H,59,62)/b15-13-,24-19-,50-46+. The number of carbonyl (C=O) groups is 2. The zero-order chi connectivity index (χ0) is 46.5. The van der Waals surface area contributed by atoms with E-state index < -0.39 is 12.1 Å². The smallest absolute Gasteiger partial charge is 0.305 e. The molecule has 6 heteroatoms. The van der Waals surface area contributed by atoms with Crippen LogP contribution in [0.15, 0.2) is 36.5 Å². The number of rotatable bonds is 52. The third kappa shape index (κ3) is 49.5. The first-order valence-corrected chi connectivity index (χ1v) is 28.3. The summed E-state index contributed by atoms with van der Waals surface area (Å²) in [6.07, 6.45) is 65.8. The van der Waals surface area contributed by atoms with Crippen LogP contribution in [0.2, 0.25) is 0 Å². The molecule has 0 aromatic heterocycles. The fraction of sp³-hybridized carbons (Fsp3) is 0.862. The summed E-state index contributed by atoms with van der Waals surface area (Å²) in [4.78, 5) is 24.5. The molecule has 0 saturated heterocycles. The Hall–Kier alpha value is -1.92. The summed E-state index contributed by atoms with van der Waals surface area (Å²) in [6, 6.07) is -0.632. The number of allylic oxidation sites excluding steroid dienone is 5. The Morgan fingerprint density at radius 3 is 1.20 bits per heavy atom. The summed E-state index contributed by atoms with van der Waals surface area (Å²) in [5, 5.41) is 23.1. The van der Waals surface area contributed by atoms with Gasteiger partial charge in [0.2, 0.25) is 5.91 Å². The first-order chi connectivity index (χ1) is 31.5. The zero-order valence-electron chi connectivity index (χ0n) is 42.8. The molecule has 0 radical (unpaired) electrons. The van der Waals surface area contributed by atoms with Gasteiger partial charge in [0.05, 0.1) is 25.4 Å². The van der Waals surface area contributed by atoms with Crippen LogP contribution in [0, 0.1) is 0 Å². The quantitative estimate of drug-likeness (QED) is 0.0321. The third-order valence-corrected chi connectivity index (χ3v) is 12.9. The summed E-state index contributed by atoms with van der Waals surface area (Å²) in [5.41, 5.74) is 0. The summed E-state index contributed by atoms with van der Waals surface area (Å²) < 4.78 is 5.47. The molecule has 0 fully saturated rings. The average molecular weight is 901 g/mol. The molecule has 3 N–H and O–H groups in total. The highest BCUT2D eigenvalue weighted by molar-refractivity contribution is 5.76. The lowest BCUT2D eigenvalue weighted by Gasteiger charge is -2.20. The molecule has 0 aliphatic heterocycles. The Balaban J connectivity index is 3.45. The lowest BCUT2D eigenvalue weighted by molar-refractivity contribution is -0.143. The van der Waals surface area contributed by atoms with E-state index in [-0.39, 0.29) is 18.5 Å². The number of aliphatic hydroxyl groups is 2. The Bertz CT molecular complexity index is 1040. The van der Waals surface area contributed by atoms with Gasteiger partial charge in [-0.3, -0.25) is 9.59 Å². The van der Waals surface area contributed by atoms with Crippen LogP contribution in [-0.2, 0) is 14.3 Å². The molecule has 0 aromatic rings. The Morgan fingerprint density at radius 1 is 0.438 bits per heavy atom. The van der Waals surface area contributed by atoms with E-state index in [1.807, 2.05) is 6.08 Å². The van der Waals surface area contributed by atoms with Gasteiger partial charge in [-0.1, -0.05) is 256 Å². The van der Waals surface area contributed by atoms with Crippen molar-refractivity contribution in [3.63, 3.8) is 0 Å². The molecule has 0 aliphatic carbocycles. The van der Waals surface area contributed by atoms with Gasteiger partial charge in [-0.25, -0.2) is 0 Å². The number of amides is 1. The maximum absolute atomic E-state index is 12.4. The molecule has 1 amide bonds. The van der Waals surface area contributed by atoms with Gasteiger partial charge in [0.1, 0.15) is 0 Å². The van der Waals surface area contributed by atoms with Crippen molar-refractivity contribution < 1.29 is 24.5 Å². The molecule has 2 atom stereocenters. The van der Waals surface area contributed by atoms with Crippen LogP contribution in [-0.4, -0.2) is 47.4 Å². The Kier molecular flexibility index (Phi) is 52.1. The first kappa shape index (κ1) is 62.1. The monoisotopic (exact) mass is 900 g/mol. The van der Waals surface area contributed by atoms with Gasteiger partial charge in [0.15, 0.2) is 0 Å². The number of esters is 1. The minimum atomic E-state index is -0.848. The number of carbonyl (C=O) groups excluding carboxylic acids is 2. The topological polar surface area (TPSA) is 95.9 Å². The number of nitrogens with one attached hydrogen (secondary N) is 1. The Labute approximate surface area is 398 Å².